The van der Waals surface area contributed by atoms with Crippen LogP contribution in [0.1, 0.15) is 16.8 Å². The van der Waals surface area contributed by atoms with Crippen molar-refractivity contribution in [3.8, 4) is 0 Å². The van der Waals surface area contributed by atoms with Crippen molar-refractivity contribution in [2.75, 3.05) is 12.8 Å². The molecule has 10 heteroatoms. The van der Waals surface area contributed by atoms with Crippen molar-refractivity contribution in [2.24, 2.45) is 0 Å². The zero-order chi connectivity index (χ0) is 18.4. The molecule has 25 heavy (non-hydrogen) atoms. The fraction of sp³-hybridized carbons (Fsp3) is 0.333. The van der Waals surface area contributed by atoms with Crippen LogP contribution in [-0.4, -0.2) is 36.1 Å². The SMILES string of the molecule is CS(=O)(=O)c1nc2c(c(=O)[nH]1)CCN(Cc1ccc(F)c(F)c1F)C2. The van der Waals surface area contributed by atoms with Crippen LogP contribution in [0.5, 0.6) is 0 Å². The molecule has 1 aromatic heterocycles. The van der Waals surface area contributed by atoms with E-state index in [2.05, 4.69) is 9.97 Å². The molecule has 1 aliphatic rings. The van der Waals surface area contributed by atoms with Crippen LogP contribution in [0.25, 0.3) is 0 Å². The maximum absolute atomic E-state index is 13.8. The summed E-state index contributed by atoms with van der Waals surface area (Å²) in [5.74, 6) is -4.07. The van der Waals surface area contributed by atoms with E-state index in [1.807, 2.05) is 0 Å². The van der Waals surface area contributed by atoms with Crippen molar-refractivity contribution in [1.82, 2.24) is 14.9 Å². The highest BCUT2D eigenvalue weighted by atomic mass is 32.2. The van der Waals surface area contributed by atoms with E-state index in [0.29, 0.717) is 12.1 Å². The number of sulfone groups is 1. The highest BCUT2D eigenvalue weighted by Gasteiger charge is 2.24. The van der Waals surface area contributed by atoms with Gasteiger partial charge in [-0.15, -0.1) is 0 Å². The number of nitrogens with one attached hydrogen (secondary N) is 1. The second-order valence-corrected chi connectivity index (χ2v) is 7.79. The van der Waals surface area contributed by atoms with Crippen LogP contribution in [0.3, 0.4) is 0 Å². The number of nitrogens with zero attached hydrogens (tertiary/aromatic N) is 2. The van der Waals surface area contributed by atoms with E-state index in [1.165, 1.54) is 0 Å². The van der Waals surface area contributed by atoms with E-state index in [-0.39, 0.29) is 30.8 Å². The van der Waals surface area contributed by atoms with E-state index in [4.69, 9.17) is 0 Å². The number of aromatic nitrogens is 2. The van der Waals surface area contributed by atoms with Crippen LogP contribution in [0.2, 0.25) is 0 Å². The fourth-order valence-electron chi connectivity index (χ4n) is 2.71. The Hall–Kier alpha value is -2.20. The second kappa shape index (κ2) is 6.26. The number of rotatable bonds is 3. The Kier molecular flexibility index (Phi) is 4.41. The van der Waals surface area contributed by atoms with Crippen molar-refractivity contribution >= 4 is 9.84 Å². The Morgan fingerprint density at radius 3 is 2.64 bits per heavy atom. The molecule has 0 unspecified atom stereocenters. The topological polar surface area (TPSA) is 83.1 Å². The molecule has 6 nitrogen and oxygen atoms in total. The van der Waals surface area contributed by atoms with Crippen LogP contribution in [0, 0.1) is 17.5 Å². The van der Waals surface area contributed by atoms with Crippen LogP contribution in [-0.2, 0) is 29.3 Å². The molecule has 1 N–H and O–H groups in total. The highest BCUT2D eigenvalue weighted by molar-refractivity contribution is 7.90. The summed E-state index contributed by atoms with van der Waals surface area (Å²) in [6.07, 6.45) is 1.21. The van der Waals surface area contributed by atoms with Gasteiger partial charge in [0.15, 0.2) is 17.5 Å². The fourth-order valence-corrected chi connectivity index (χ4v) is 3.26. The zero-order valence-corrected chi connectivity index (χ0v) is 14.0. The van der Waals surface area contributed by atoms with E-state index in [9.17, 15) is 26.4 Å². The maximum Gasteiger partial charge on any atom is 0.255 e. The summed E-state index contributed by atoms with van der Waals surface area (Å²) < 4.78 is 63.3. The number of hydrogen-bond acceptors (Lipinski definition) is 5. The van der Waals surface area contributed by atoms with Crippen LogP contribution < -0.4 is 5.56 Å². The van der Waals surface area contributed by atoms with Crippen molar-refractivity contribution in [1.29, 1.82) is 0 Å². The van der Waals surface area contributed by atoms with Gasteiger partial charge < -0.3 is 0 Å². The van der Waals surface area contributed by atoms with Gasteiger partial charge in [-0.2, -0.15) is 0 Å². The summed E-state index contributed by atoms with van der Waals surface area (Å²) >= 11 is 0. The Balaban J connectivity index is 1.90. The van der Waals surface area contributed by atoms with Gasteiger partial charge in [-0.3, -0.25) is 14.7 Å². The zero-order valence-electron chi connectivity index (χ0n) is 13.1. The molecule has 2 aromatic rings. The lowest BCUT2D eigenvalue weighted by atomic mass is 10.1. The molecule has 3 rings (SSSR count). The first-order valence-electron chi connectivity index (χ1n) is 7.33. The number of aromatic amines is 1. The lowest BCUT2D eigenvalue weighted by molar-refractivity contribution is 0.234. The molecule has 0 saturated heterocycles. The van der Waals surface area contributed by atoms with Gasteiger partial charge >= 0.3 is 0 Å². The van der Waals surface area contributed by atoms with Gasteiger partial charge in [0.1, 0.15) is 0 Å². The third kappa shape index (κ3) is 3.45. The van der Waals surface area contributed by atoms with E-state index in [1.54, 1.807) is 4.90 Å². The quantitative estimate of drug-likeness (QED) is 0.645. The van der Waals surface area contributed by atoms with Crippen molar-refractivity contribution < 1.29 is 21.6 Å². The van der Waals surface area contributed by atoms with Crippen molar-refractivity contribution in [3.05, 3.63) is 56.8 Å². The molecule has 0 radical (unpaired) electrons. The van der Waals surface area contributed by atoms with E-state index < -0.39 is 38.0 Å². The van der Waals surface area contributed by atoms with Crippen LogP contribution in [0.4, 0.5) is 13.2 Å². The van der Waals surface area contributed by atoms with Crippen LogP contribution in [0.15, 0.2) is 22.1 Å². The Bertz CT molecular complexity index is 1010. The van der Waals surface area contributed by atoms with Crippen molar-refractivity contribution in [2.45, 2.75) is 24.7 Å². The molecule has 0 amide bonds. The van der Waals surface area contributed by atoms with Gasteiger partial charge in [-0.05, 0) is 12.5 Å². The average molecular weight is 373 g/mol. The average Bonchev–Trinajstić information content (AvgIpc) is 2.54. The predicted octanol–water partition coefficient (Wildman–Crippen LogP) is 1.15. The number of fused-ring (bicyclic) bond motifs is 1. The minimum Gasteiger partial charge on any atom is -0.297 e. The Labute approximate surface area is 141 Å². The van der Waals surface area contributed by atoms with E-state index >= 15 is 0 Å². The second-order valence-electron chi connectivity index (χ2n) is 5.86. The molecule has 2 heterocycles. The maximum atomic E-state index is 13.8. The summed E-state index contributed by atoms with van der Waals surface area (Å²) in [7, 11) is -3.69. The highest BCUT2D eigenvalue weighted by Crippen LogP contribution is 2.21. The van der Waals surface area contributed by atoms with Gasteiger partial charge in [0.2, 0.25) is 15.0 Å². The van der Waals surface area contributed by atoms with Gasteiger partial charge in [0.25, 0.3) is 5.56 Å². The van der Waals surface area contributed by atoms with Gasteiger partial charge in [0.05, 0.1) is 5.69 Å². The summed E-state index contributed by atoms with van der Waals surface area (Å²) in [4.78, 5) is 19.9. The molecule has 0 spiro atoms. The molecule has 134 valence electrons. The molecule has 0 saturated carbocycles. The third-order valence-corrected chi connectivity index (χ3v) is 4.89. The minimum absolute atomic E-state index is 0.0227. The van der Waals surface area contributed by atoms with Gasteiger partial charge in [-0.1, -0.05) is 6.07 Å². The van der Waals surface area contributed by atoms with Gasteiger partial charge in [-0.25, -0.2) is 26.6 Å². The molecule has 0 atom stereocenters. The normalized spacial score (nSPS) is 15.2. The number of halogens is 3. The first-order chi connectivity index (χ1) is 11.7. The monoisotopic (exact) mass is 373 g/mol. The first-order valence-corrected chi connectivity index (χ1v) is 9.23. The molecule has 0 aliphatic carbocycles. The molecular formula is C15H14F3N3O3S. The van der Waals surface area contributed by atoms with Gasteiger partial charge in [0, 0.05) is 37.0 Å². The standard InChI is InChI=1S/C15H14F3N3O3S/c1-25(23,24)15-19-11-7-21(5-4-9(11)14(22)20-15)6-8-2-3-10(16)13(18)12(8)17/h2-3H,4-7H2,1H3,(H,19,20,22). The molecule has 1 aliphatic heterocycles. The third-order valence-electron chi connectivity index (χ3n) is 3.99. The summed E-state index contributed by atoms with van der Waals surface area (Å²) in [5, 5.41) is -0.433. The lowest BCUT2D eigenvalue weighted by Gasteiger charge is -2.27. The Morgan fingerprint density at radius 1 is 1.24 bits per heavy atom. The minimum atomic E-state index is -3.69. The van der Waals surface area contributed by atoms with Crippen molar-refractivity contribution in [3.63, 3.8) is 0 Å². The predicted molar refractivity (Wildman–Crippen MR) is 82.1 cm³/mol. The number of benzene rings is 1. The summed E-state index contributed by atoms with van der Waals surface area (Å²) in [5.41, 5.74) is 0.0902. The first kappa shape index (κ1) is 17.6. The smallest absolute Gasteiger partial charge is 0.255 e. The molecule has 0 bridgehead atoms. The molecule has 1 aromatic carbocycles. The Morgan fingerprint density at radius 2 is 1.96 bits per heavy atom. The lowest BCUT2D eigenvalue weighted by Crippen LogP contribution is -2.36. The largest absolute Gasteiger partial charge is 0.297 e. The molecular weight excluding hydrogens is 359 g/mol. The summed E-state index contributed by atoms with van der Waals surface area (Å²) in [6.45, 7) is 0.444. The summed E-state index contributed by atoms with van der Waals surface area (Å²) in [6, 6.07) is 1.99. The molecule has 0 fully saturated rings. The van der Waals surface area contributed by atoms with E-state index in [0.717, 1.165) is 18.4 Å². The number of H-pyrrole nitrogens is 1. The van der Waals surface area contributed by atoms with Crippen LogP contribution >= 0.6 is 0 Å². The number of hydrogen-bond donors (Lipinski definition) is 1.